The fraction of sp³-hybridized carbons (Fsp3) is 0.240. The highest BCUT2D eigenvalue weighted by atomic mass is 16.5. The number of hydrogen-bond acceptors (Lipinski definition) is 4. The Balaban J connectivity index is 1.41. The molecular formula is C25H26N2O3. The largest absolute Gasteiger partial charge is 0.457 e. The number of anilines is 2. The van der Waals surface area contributed by atoms with Crippen molar-refractivity contribution in [3.05, 3.63) is 83.9 Å². The number of ether oxygens (including phenoxy) is 2. The summed E-state index contributed by atoms with van der Waals surface area (Å²) in [7, 11) is 0. The first-order valence-corrected chi connectivity index (χ1v) is 10.2. The van der Waals surface area contributed by atoms with E-state index in [0.29, 0.717) is 17.4 Å². The molecule has 5 nitrogen and oxygen atoms in total. The lowest BCUT2D eigenvalue weighted by molar-refractivity contribution is 0.0989. The van der Waals surface area contributed by atoms with Crippen LogP contribution in [-0.2, 0) is 4.74 Å². The first kappa shape index (κ1) is 20.0. The van der Waals surface area contributed by atoms with Crippen LogP contribution in [0.15, 0.2) is 72.8 Å². The minimum atomic E-state index is -0.170. The van der Waals surface area contributed by atoms with Gasteiger partial charge in [-0.15, -0.1) is 0 Å². The molecule has 1 heterocycles. The van der Waals surface area contributed by atoms with Gasteiger partial charge in [-0.05, 0) is 68.4 Å². The van der Waals surface area contributed by atoms with E-state index < -0.39 is 0 Å². The predicted octanol–water partition coefficient (Wildman–Crippen LogP) is 5.26. The number of rotatable bonds is 5. The summed E-state index contributed by atoms with van der Waals surface area (Å²) in [6.45, 7) is 6.54. The van der Waals surface area contributed by atoms with Gasteiger partial charge in [0, 0.05) is 29.5 Å². The molecule has 0 radical (unpaired) electrons. The number of morpholine rings is 1. The monoisotopic (exact) mass is 402 g/mol. The second-order valence-corrected chi connectivity index (χ2v) is 7.56. The molecule has 1 N–H and O–H groups in total. The van der Waals surface area contributed by atoms with Gasteiger partial charge in [0.1, 0.15) is 11.5 Å². The SMILES string of the molecule is Cc1ccc(Oc2cccc(C(=O)Nc3ccc(N4CCOC[C@@H]4C)cc3)c2)cc1. The average Bonchev–Trinajstić information content (AvgIpc) is 2.77. The predicted molar refractivity (Wildman–Crippen MR) is 120 cm³/mol. The Morgan fingerprint density at radius 3 is 2.53 bits per heavy atom. The number of carbonyl (C=O) groups is 1. The van der Waals surface area contributed by atoms with Crippen LogP contribution in [0.2, 0.25) is 0 Å². The van der Waals surface area contributed by atoms with Gasteiger partial charge < -0.3 is 19.7 Å². The third-order valence-electron chi connectivity index (χ3n) is 5.18. The molecule has 1 atom stereocenters. The number of carbonyl (C=O) groups excluding carboxylic acids is 1. The molecule has 0 spiro atoms. The minimum Gasteiger partial charge on any atom is -0.457 e. The lowest BCUT2D eigenvalue weighted by atomic mass is 10.1. The first-order valence-electron chi connectivity index (χ1n) is 10.2. The third-order valence-corrected chi connectivity index (χ3v) is 5.18. The van der Waals surface area contributed by atoms with E-state index >= 15 is 0 Å². The van der Waals surface area contributed by atoms with Gasteiger partial charge in [0.25, 0.3) is 5.91 Å². The maximum absolute atomic E-state index is 12.7. The van der Waals surface area contributed by atoms with Crippen molar-refractivity contribution in [2.24, 2.45) is 0 Å². The van der Waals surface area contributed by atoms with Crippen LogP contribution in [0.4, 0.5) is 11.4 Å². The van der Waals surface area contributed by atoms with Crippen molar-refractivity contribution in [1.29, 1.82) is 0 Å². The lowest BCUT2D eigenvalue weighted by Gasteiger charge is -2.35. The van der Waals surface area contributed by atoms with Crippen LogP contribution in [-0.4, -0.2) is 31.7 Å². The first-order chi connectivity index (χ1) is 14.6. The van der Waals surface area contributed by atoms with Crippen LogP contribution >= 0.6 is 0 Å². The fourth-order valence-corrected chi connectivity index (χ4v) is 3.49. The summed E-state index contributed by atoms with van der Waals surface area (Å²) in [4.78, 5) is 15.0. The molecule has 0 bridgehead atoms. The smallest absolute Gasteiger partial charge is 0.255 e. The van der Waals surface area contributed by atoms with Crippen molar-refractivity contribution in [1.82, 2.24) is 0 Å². The van der Waals surface area contributed by atoms with E-state index in [1.807, 2.05) is 67.6 Å². The van der Waals surface area contributed by atoms with Gasteiger partial charge in [-0.1, -0.05) is 23.8 Å². The number of hydrogen-bond donors (Lipinski definition) is 1. The third kappa shape index (κ3) is 4.81. The molecule has 1 aliphatic heterocycles. The number of nitrogens with one attached hydrogen (secondary N) is 1. The van der Waals surface area contributed by atoms with E-state index in [1.54, 1.807) is 12.1 Å². The molecule has 0 unspecified atom stereocenters. The van der Waals surface area contributed by atoms with Crippen molar-refractivity contribution >= 4 is 17.3 Å². The molecule has 1 aliphatic rings. The van der Waals surface area contributed by atoms with Crippen LogP contribution in [0.5, 0.6) is 11.5 Å². The van der Waals surface area contributed by atoms with Gasteiger partial charge in [-0.25, -0.2) is 0 Å². The fourth-order valence-electron chi connectivity index (χ4n) is 3.49. The zero-order valence-corrected chi connectivity index (χ0v) is 17.3. The van der Waals surface area contributed by atoms with Crippen molar-refractivity contribution < 1.29 is 14.3 Å². The summed E-state index contributed by atoms with van der Waals surface area (Å²) in [5.41, 5.74) is 3.61. The van der Waals surface area contributed by atoms with Gasteiger partial charge in [-0.2, -0.15) is 0 Å². The number of aryl methyl sites for hydroxylation is 1. The number of nitrogens with zero attached hydrogens (tertiary/aromatic N) is 1. The lowest BCUT2D eigenvalue weighted by Crippen LogP contribution is -2.43. The molecule has 1 saturated heterocycles. The van der Waals surface area contributed by atoms with E-state index in [2.05, 4.69) is 17.1 Å². The maximum Gasteiger partial charge on any atom is 0.255 e. The van der Waals surface area contributed by atoms with Crippen molar-refractivity contribution in [2.75, 3.05) is 30.0 Å². The minimum absolute atomic E-state index is 0.170. The maximum atomic E-state index is 12.7. The van der Waals surface area contributed by atoms with Crippen LogP contribution in [0.3, 0.4) is 0 Å². The van der Waals surface area contributed by atoms with E-state index in [4.69, 9.17) is 9.47 Å². The molecule has 3 aromatic rings. The highest BCUT2D eigenvalue weighted by Gasteiger charge is 2.19. The highest BCUT2D eigenvalue weighted by Crippen LogP contribution is 2.24. The summed E-state index contributed by atoms with van der Waals surface area (Å²) < 4.78 is 11.4. The second-order valence-electron chi connectivity index (χ2n) is 7.56. The molecule has 1 amide bonds. The van der Waals surface area contributed by atoms with Crippen LogP contribution in [0.25, 0.3) is 0 Å². The summed E-state index contributed by atoms with van der Waals surface area (Å²) in [6, 6.07) is 23.3. The van der Waals surface area contributed by atoms with E-state index in [0.717, 1.165) is 36.9 Å². The number of amides is 1. The van der Waals surface area contributed by atoms with E-state index in [9.17, 15) is 4.79 Å². The summed E-state index contributed by atoms with van der Waals surface area (Å²) in [5, 5.41) is 2.96. The summed E-state index contributed by atoms with van der Waals surface area (Å²) in [5.74, 6) is 1.20. The highest BCUT2D eigenvalue weighted by molar-refractivity contribution is 6.04. The Labute approximate surface area is 177 Å². The Morgan fingerprint density at radius 2 is 1.80 bits per heavy atom. The van der Waals surface area contributed by atoms with Crippen LogP contribution < -0.4 is 15.0 Å². The van der Waals surface area contributed by atoms with Crippen molar-refractivity contribution in [2.45, 2.75) is 19.9 Å². The molecular weight excluding hydrogens is 376 g/mol. The second kappa shape index (κ2) is 9.01. The average molecular weight is 402 g/mol. The zero-order chi connectivity index (χ0) is 20.9. The van der Waals surface area contributed by atoms with Crippen LogP contribution in [0, 0.1) is 6.92 Å². The van der Waals surface area contributed by atoms with Crippen molar-refractivity contribution in [3.8, 4) is 11.5 Å². The normalized spacial score (nSPS) is 16.2. The summed E-state index contributed by atoms with van der Waals surface area (Å²) >= 11 is 0. The Morgan fingerprint density at radius 1 is 1.03 bits per heavy atom. The van der Waals surface area contributed by atoms with Crippen molar-refractivity contribution in [3.63, 3.8) is 0 Å². The molecule has 3 aromatic carbocycles. The van der Waals surface area contributed by atoms with Gasteiger partial charge in [0.05, 0.1) is 13.2 Å². The van der Waals surface area contributed by atoms with Gasteiger partial charge in [-0.3, -0.25) is 4.79 Å². The molecule has 30 heavy (non-hydrogen) atoms. The molecule has 0 aliphatic carbocycles. The molecule has 5 heteroatoms. The molecule has 1 fully saturated rings. The molecule has 4 rings (SSSR count). The topological polar surface area (TPSA) is 50.8 Å². The Hall–Kier alpha value is -3.31. The van der Waals surface area contributed by atoms with E-state index in [-0.39, 0.29) is 5.91 Å². The quantitative estimate of drug-likeness (QED) is 0.632. The van der Waals surface area contributed by atoms with Gasteiger partial charge >= 0.3 is 0 Å². The molecule has 0 aromatic heterocycles. The van der Waals surface area contributed by atoms with Crippen LogP contribution in [0.1, 0.15) is 22.8 Å². The van der Waals surface area contributed by atoms with E-state index in [1.165, 1.54) is 5.56 Å². The zero-order valence-electron chi connectivity index (χ0n) is 17.3. The Bertz CT molecular complexity index is 1000. The molecule has 0 saturated carbocycles. The Kier molecular flexibility index (Phi) is 6.00. The number of benzene rings is 3. The summed E-state index contributed by atoms with van der Waals surface area (Å²) in [6.07, 6.45) is 0. The molecule has 154 valence electrons. The standard InChI is InChI=1S/C25H26N2O3/c1-18-6-12-23(13-7-18)30-24-5-3-4-20(16-24)25(28)26-21-8-10-22(11-9-21)27-14-15-29-17-19(27)2/h3-13,16,19H,14-15,17H2,1-2H3,(H,26,28)/t19-/m0/s1. The van der Waals surface area contributed by atoms with Gasteiger partial charge in [0.2, 0.25) is 0 Å². The van der Waals surface area contributed by atoms with Gasteiger partial charge in [0.15, 0.2) is 0 Å².